The van der Waals surface area contributed by atoms with Crippen molar-refractivity contribution < 1.29 is 4.79 Å². The molecule has 2 aromatic rings. The van der Waals surface area contributed by atoms with Gasteiger partial charge in [-0.05, 0) is 74.8 Å². The second-order valence-corrected chi connectivity index (χ2v) is 12.1. The van der Waals surface area contributed by atoms with Crippen LogP contribution >= 0.6 is 0 Å². The number of hydrogen-bond donors (Lipinski definition) is 0. The summed E-state index contributed by atoms with van der Waals surface area (Å²) in [6, 6.07) is 12.7. The molecule has 220 valence electrons. The topological polar surface area (TPSA) is 47.2 Å². The van der Waals surface area contributed by atoms with Crippen LogP contribution in [0.3, 0.4) is 0 Å². The van der Waals surface area contributed by atoms with Crippen LogP contribution in [0.1, 0.15) is 95.5 Å². The summed E-state index contributed by atoms with van der Waals surface area (Å²) in [5, 5.41) is 4.96. The van der Waals surface area contributed by atoms with Crippen LogP contribution in [0.5, 0.6) is 0 Å². The van der Waals surface area contributed by atoms with E-state index in [1.165, 1.54) is 48.8 Å². The third kappa shape index (κ3) is 6.91. The molecule has 4 heteroatoms. The van der Waals surface area contributed by atoms with Gasteiger partial charge in [0.1, 0.15) is 5.78 Å². The number of rotatable bonds is 12. The Morgan fingerprint density at radius 3 is 2.55 bits per heavy atom. The number of carbonyl (C=O) groups excluding carboxylic acids is 1. The zero-order valence-electron chi connectivity index (χ0n) is 26.0. The number of carbonyl (C=O) groups is 1. The molecule has 3 aliphatic rings. The van der Waals surface area contributed by atoms with E-state index in [2.05, 4.69) is 101 Å². The molecule has 5 rings (SSSR count). The minimum Gasteiger partial charge on any atom is -0.299 e. The first kappa shape index (κ1) is 29.9. The predicted octanol–water partition coefficient (Wildman–Crippen LogP) is 9.50. The molecule has 1 atom stereocenters. The summed E-state index contributed by atoms with van der Waals surface area (Å²) in [6.07, 6.45) is 23.4. The molecule has 1 saturated carbocycles. The van der Waals surface area contributed by atoms with Crippen molar-refractivity contribution in [1.82, 2.24) is 9.78 Å². The van der Waals surface area contributed by atoms with Gasteiger partial charge in [0.05, 0.1) is 11.4 Å². The maximum Gasteiger partial charge on any atom is 0.137 e. The molecule has 0 amide bonds. The van der Waals surface area contributed by atoms with Crippen molar-refractivity contribution in [3.8, 4) is 0 Å². The Labute approximate surface area is 252 Å². The highest BCUT2D eigenvalue weighted by Gasteiger charge is 2.32. The molecule has 0 radical (unpaired) electrons. The molecule has 1 aromatic carbocycles. The van der Waals surface area contributed by atoms with Crippen molar-refractivity contribution in [3.63, 3.8) is 0 Å². The molecule has 0 bridgehead atoms. The summed E-state index contributed by atoms with van der Waals surface area (Å²) in [5.41, 5.74) is 9.56. The quantitative estimate of drug-likeness (QED) is 0.242. The van der Waals surface area contributed by atoms with Crippen molar-refractivity contribution in [3.05, 3.63) is 101 Å². The number of aromatic nitrogens is 2. The molecule has 0 spiro atoms. The van der Waals surface area contributed by atoms with Gasteiger partial charge in [0.25, 0.3) is 0 Å². The second-order valence-electron chi connectivity index (χ2n) is 12.1. The Balaban J connectivity index is 1.36. The fourth-order valence-electron chi connectivity index (χ4n) is 6.82. The lowest BCUT2D eigenvalue weighted by molar-refractivity contribution is -0.123. The average Bonchev–Trinajstić information content (AvgIpc) is 3.62. The third-order valence-electron chi connectivity index (χ3n) is 9.34. The molecule has 4 nitrogen and oxygen atoms in total. The Kier molecular flexibility index (Phi) is 10.0. The van der Waals surface area contributed by atoms with Gasteiger partial charge >= 0.3 is 0 Å². The fraction of sp³-hybridized carbons (Fsp3) is 0.447. The molecule has 1 unspecified atom stereocenters. The fourth-order valence-corrected chi connectivity index (χ4v) is 6.82. The average molecular weight is 562 g/mol. The number of fused-ring (bicyclic) bond motifs is 1. The summed E-state index contributed by atoms with van der Waals surface area (Å²) in [4.78, 5) is 17.8. The number of ketones is 1. The summed E-state index contributed by atoms with van der Waals surface area (Å²) in [7, 11) is 0. The van der Waals surface area contributed by atoms with Crippen LogP contribution in [0.15, 0.2) is 89.1 Å². The van der Waals surface area contributed by atoms with Gasteiger partial charge in [-0.1, -0.05) is 93.3 Å². The summed E-state index contributed by atoms with van der Waals surface area (Å²) < 4.78 is 2.01. The first-order chi connectivity index (χ1) is 20.5. The van der Waals surface area contributed by atoms with E-state index in [9.17, 15) is 4.79 Å². The minimum absolute atomic E-state index is 0.167. The Morgan fingerprint density at radius 2 is 1.83 bits per heavy atom. The number of nitrogens with zero attached hydrogens (tertiary/aromatic N) is 3. The second kappa shape index (κ2) is 14.1. The number of benzene rings is 1. The molecule has 1 aliphatic heterocycles. The monoisotopic (exact) mass is 561 g/mol. The van der Waals surface area contributed by atoms with Crippen LogP contribution in [-0.2, 0) is 11.3 Å². The van der Waals surface area contributed by atoms with Crippen molar-refractivity contribution in [1.29, 1.82) is 0 Å². The first-order valence-corrected chi connectivity index (χ1v) is 16.2. The van der Waals surface area contributed by atoms with E-state index in [0.29, 0.717) is 24.7 Å². The minimum atomic E-state index is 0.167. The van der Waals surface area contributed by atoms with E-state index >= 15 is 0 Å². The highest BCUT2D eigenvalue weighted by molar-refractivity contribution is 5.99. The Hall–Kier alpha value is -3.53. The van der Waals surface area contributed by atoms with Crippen molar-refractivity contribution >= 4 is 22.6 Å². The standard InChI is InChI=1S/C38H47N3O/c1-5-28(6-2)38(42)21-22-41-27(4)23-36(40-41)32-24-35-34(31-17-12-9-13-18-31)26-33(39-37(35)25-32)20-14-19-29(7-3)30-15-10-8-11-16-30/h7-8,10-11,14-16,19,23-26,28,31,35H,5-6,9,12-13,17-18,20-22H2,1-4H3/b19-14-,29-7?. The van der Waals surface area contributed by atoms with E-state index in [1.54, 1.807) is 0 Å². The number of aryl methyl sites for hydroxylation is 2. The summed E-state index contributed by atoms with van der Waals surface area (Å²) >= 11 is 0. The third-order valence-corrected chi connectivity index (χ3v) is 9.34. The Bertz CT molecular complexity index is 1440. The highest BCUT2D eigenvalue weighted by atomic mass is 16.1. The van der Waals surface area contributed by atoms with Gasteiger partial charge in [0.2, 0.25) is 0 Å². The van der Waals surface area contributed by atoms with Gasteiger partial charge in [0, 0.05) is 48.2 Å². The van der Waals surface area contributed by atoms with Gasteiger partial charge in [-0.15, -0.1) is 0 Å². The van der Waals surface area contributed by atoms with Gasteiger partial charge in [-0.3, -0.25) is 14.5 Å². The van der Waals surface area contributed by atoms with Crippen LogP contribution < -0.4 is 0 Å². The number of Topliss-reactive ketones (excluding diaryl/α,β-unsaturated/α-hetero) is 1. The van der Waals surface area contributed by atoms with E-state index < -0.39 is 0 Å². The largest absolute Gasteiger partial charge is 0.299 e. The molecule has 2 heterocycles. The maximum absolute atomic E-state index is 12.7. The number of dihydropyridines is 1. The lowest BCUT2D eigenvalue weighted by Crippen LogP contribution is -2.20. The molecular weight excluding hydrogens is 514 g/mol. The first-order valence-electron chi connectivity index (χ1n) is 16.2. The van der Waals surface area contributed by atoms with Crippen LogP contribution in [0.4, 0.5) is 0 Å². The maximum atomic E-state index is 12.7. The van der Waals surface area contributed by atoms with Gasteiger partial charge in [-0.2, -0.15) is 5.10 Å². The van der Waals surface area contributed by atoms with Crippen molar-refractivity contribution in [2.45, 2.75) is 92.0 Å². The SMILES string of the molecule is CC=C(/C=C\CC1=NC2=CC(c3cc(C)n(CCC(=O)C(CC)CC)n3)=CC2C(C2CCCCC2)=C1)c1ccccc1. The number of hydrogen-bond acceptors (Lipinski definition) is 3. The van der Waals surface area contributed by atoms with E-state index in [4.69, 9.17) is 10.1 Å². The molecule has 1 aromatic heterocycles. The normalized spacial score (nSPS) is 19.5. The van der Waals surface area contributed by atoms with Crippen LogP contribution in [0.25, 0.3) is 11.1 Å². The lowest BCUT2D eigenvalue weighted by Gasteiger charge is -2.30. The van der Waals surface area contributed by atoms with Crippen LogP contribution in [-0.4, -0.2) is 21.3 Å². The van der Waals surface area contributed by atoms with Gasteiger partial charge in [-0.25, -0.2) is 0 Å². The molecule has 2 aliphatic carbocycles. The highest BCUT2D eigenvalue weighted by Crippen LogP contribution is 2.44. The number of allylic oxidation sites excluding steroid dienone is 8. The summed E-state index contributed by atoms with van der Waals surface area (Å²) in [6.45, 7) is 9.05. The molecule has 0 saturated heterocycles. The van der Waals surface area contributed by atoms with Crippen molar-refractivity contribution in [2.75, 3.05) is 0 Å². The lowest BCUT2D eigenvalue weighted by atomic mass is 9.76. The molecule has 1 fully saturated rings. The van der Waals surface area contributed by atoms with E-state index in [0.717, 1.165) is 47.6 Å². The summed E-state index contributed by atoms with van der Waals surface area (Å²) in [5.74, 6) is 1.39. The van der Waals surface area contributed by atoms with E-state index in [1.807, 2.05) is 4.68 Å². The smallest absolute Gasteiger partial charge is 0.137 e. The van der Waals surface area contributed by atoms with Crippen LogP contribution in [0.2, 0.25) is 0 Å². The predicted molar refractivity (Wildman–Crippen MR) is 176 cm³/mol. The number of aliphatic imine (C=N–C) groups is 1. The molecule has 0 N–H and O–H groups in total. The van der Waals surface area contributed by atoms with Gasteiger partial charge < -0.3 is 0 Å². The molecular formula is C38H47N3O. The molecule has 42 heavy (non-hydrogen) atoms. The zero-order chi connectivity index (χ0) is 29.5. The van der Waals surface area contributed by atoms with E-state index in [-0.39, 0.29) is 11.8 Å². The Morgan fingerprint density at radius 1 is 1.07 bits per heavy atom. The van der Waals surface area contributed by atoms with Crippen molar-refractivity contribution in [2.24, 2.45) is 22.7 Å². The van der Waals surface area contributed by atoms with Crippen LogP contribution in [0, 0.1) is 24.7 Å². The van der Waals surface area contributed by atoms with Gasteiger partial charge in [0.15, 0.2) is 0 Å². The zero-order valence-corrected chi connectivity index (χ0v) is 26.0.